The van der Waals surface area contributed by atoms with Crippen molar-refractivity contribution < 1.29 is 19.4 Å². The quantitative estimate of drug-likeness (QED) is 0.453. The van der Waals surface area contributed by atoms with E-state index < -0.39 is 11.9 Å². The lowest BCUT2D eigenvalue weighted by molar-refractivity contribution is -0.123. The third-order valence-electron chi connectivity index (χ3n) is 4.01. The van der Waals surface area contributed by atoms with E-state index in [4.69, 9.17) is 16.3 Å². The molecule has 1 unspecified atom stereocenters. The Kier molecular flexibility index (Phi) is 8.03. The number of benzene rings is 2. The van der Waals surface area contributed by atoms with Gasteiger partial charge in [-0.25, -0.2) is 5.43 Å². The zero-order chi connectivity index (χ0) is 21.4. The van der Waals surface area contributed by atoms with Crippen molar-refractivity contribution in [1.82, 2.24) is 10.7 Å². The summed E-state index contributed by atoms with van der Waals surface area (Å²) in [6.07, 6.45) is 1.38. The van der Waals surface area contributed by atoms with Crippen molar-refractivity contribution in [2.45, 2.75) is 26.8 Å². The highest BCUT2D eigenvalue weighted by atomic mass is 35.5. The van der Waals surface area contributed by atoms with Crippen molar-refractivity contribution in [2.24, 2.45) is 11.0 Å². The molecular formula is C21H24ClN3O4. The molecule has 2 aromatic rings. The minimum Gasteiger partial charge on any atom is -0.503 e. The van der Waals surface area contributed by atoms with E-state index in [2.05, 4.69) is 15.8 Å². The normalized spacial score (nSPS) is 12.0. The van der Waals surface area contributed by atoms with E-state index in [1.165, 1.54) is 12.3 Å². The topological polar surface area (TPSA) is 100 Å². The van der Waals surface area contributed by atoms with Crippen molar-refractivity contribution in [3.8, 4) is 11.5 Å². The number of carbonyl (C=O) groups excluding carboxylic acids is 2. The predicted molar refractivity (Wildman–Crippen MR) is 113 cm³/mol. The van der Waals surface area contributed by atoms with Gasteiger partial charge in [0.25, 0.3) is 11.8 Å². The van der Waals surface area contributed by atoms with Gasteiger partial charge in [-0.05, 0) is 42.7 Å². The monoisotopic (exact) mass is 417 g/mol. The van der Waals surface area contributed by atoms with Gasteiger partial charge in [0.05, 0.1) is 17.8 Å². The van der Waals surface area contributed by atoms with Gasteiger partial charge in [-0.15, -0.1) is 0 Å². The zero-order valence-electron chi connectivity index (χ0n) is 16.5. The van der Waals surface area contributed by atoms with Crippen molar-refractivity contribution in [2.75, 3.05) is 6.61 Å². The van der Waals surface area contributed by atoms with Crippen LogP contribution in [0.3, 0.4) is 0 Å². The Hall–Kier alpha value is -3.06. The highest BCUT2D eigenvalue weighted by molar-refractivity contribution is 6.32. The number of hydrazone groups is 1. The van der Waals surface area contributed by atoms with Crippen molar-refractivity contribution in [3.63, 3.8) is 0 Å². The molecule has 29 heavy (non-hydrogen) atoms. The number of nitrogens with one attached hydrogen (secondary N) is 2. The fourth-order valence-corrected chi connectivity index (χ4v) is 2.74. The number of phenols is 1. The lowest BCUT2D eigenvalue weighted by atomic mass is 10.0. The summed E-state index contributed by atoms with van der Waals surface area (Å²) in [5, 5.41) is 16.6. The molecule has 2 aromatic carbocycles. The maximum atomic E-state index is 12.5. The molecule has 0 heterocycles. The number of carbonyl (C=O) groups is 2. The Labute approximate surface area is 174 Å². The van der Waals surface area contributed by atoms with Crippen LogP contribution in [-0.4, -0.2) is 35.8 Å². The van der Waals surface area contributed by atoms with Crippen LogP contribution in [0.15, 0.2) is 47.6 Å². The van der Waals surface area contributed by atoms with E-state index in [9.17, 15) is 14.7 Å². The van der Waals surface area contributed by atoms with E-state index in [-0.39, 0.29) is 28.3 Å². The molecule has 0 aliphatic rings. The van der Waals surface area contributed by atoms with Crippen LogP contribution in [0.1, 0.15) is 36.7 Å². The van der Waals surface area contributed by atoms with Gasteiger partial charge in [-0.3, -0.25) is 9.59 Å². The van der Waals surface area contributed by atoms with Crippen molar-refractivity contribution in [1.29, 1.82) is 0 Å². The largest absolute Gasteiger partial charge is 0.503 e. The highest BCUT2D eigenvalue weighted by Crippen LogP contribution is 2.34. The summed E-state index contributed by atoms with van der Waals surface area (Å²) in [4.78, 5) is 24.8. The van der Waals surface area contributed by atoms with Crippen LogP contribution in [0.25, 0.3) is 0 Å². The first-order chi connectivity index (χ1) is 13.8. The van der Waals surface area contributed by atoms with Crippen LogP contribution >= 0.6 is 11.6 Å². The first-order valence-corrected chi connectivity index (χ1v) is 9.55. The van der Waals surface area contributed by atoms with Gasteiger partial charge in [0, 0.05) is 5.56 Å². The molecular weight excluding hydrogens is 394 g/mol. The van der Waals surface area contributed by atoms with Crippen LogP contribution < -0.4 is 15.5 Å². The lowest BCUT2D eigenvalue weighted by Gasteiger charge is -2.20. The summed E-state index contributed by atoms with van der Waals surface area (Å²) >= 11 is 5.98. The highest BCUT2D eigenvalue weighted by Gasteiger charge is 2.24. The van der Waals surface area contributed by atoms with Crippen LogP contribution in [0.5, 0.6) is 11.5 Å². The second kappa shape index (κ2) is 10.5. The molecule has 2 amide bonds. The SMILES string of the molecule is CCOc1cc(/C=N/NC(=O)C(NC(=O)c2ccccc2)C(C)C)cc(Cl)c1O. The van der Waals surface area contributed by atoms with Crippen LogP contribution in [-0.2, 0) is 4.79 Å². The smallest absolute Gasteiger partial charge is 0.262 e. The summed E-state index contributed by atoms with van der Waals surface area (Å²) in [5.74, 6) is -0.864. The zero-order valence-corrected chi connectivity index (χ0v) is 17.2. The van der Waals surface area contributed by atoms with Crippen LogP contribution in [0.4, 0.5) is 0 Å². The fraction of sp³-hybridized carbons (Fsp3) is 0.286. The molecule has 3 N–H and O–H groups in total. The van der Waals surface area contributed by atoms with E-state index in [0.717, 1.165) is 0 Å². The summed E-state index contributed by atoms with van der Waals surface area (Å²) < 4.78 is 5.31. The molecule has 0 spiro atoms. The third kappa shape index (κ3) is 6.22. The second-order valence-corrected chi connectivity index (χ2v) is 6.99. The molecule has 8 heteroatoms. The van der Waals surface area contributed by atoms with Gasteiger partial charge in [0.15, 0.2) is 11.5 Å². The Morgan fingerprint density at radius 2 is 1.93 bits per heavy atom. The number of phenolic OH excluding ortho intramolecular Hbond substituents is 1. The minimum atomic E-state index is -0.762. The molecule has 2 rings (SSSR count). The van der Waals surface area contributed by atoms with Crippen LogP contribution in [0.2, 0.25) is 5.02 Å². The Morgan fingerprint density at radius 3 is 2.55 bits per heavy atom. The van der Waals surface area contributed by atoms with Crippen molar-refractivity contribution >= 4 is 29.6 Å². The van der Waals surface area contributed by atoms with E-state index in [0.29, 0.717) is 17.7 Å². The Bertz CT molecular complexity index is 885. The number of ether oxygens (including phenoxy) is 1. The summed E-state index contributed by atoms with van der Waals surface area (Å²) in [5.41, 5.74) is 3.43. The first kappa shape index (κ1) is 22.2. The Balaban J connectivity index is 2.06. The lowest BCUT2D eigenvalue weighted by Crippen LogP contribution is -2.48. The van der Waals surface area contributed by atoms with Gasteiger partial charge in [-0.2, -0.15) is 5.10 Å². The van der Waals surface area contributed by atoms with Crippen LogP contribution in [0, 0.1) is 5.92 Å². The Morgan fingerprint density at radius 1 is 1.24 bits per heavy atom. The minimum absolute atomic E-state index is 0.110. The standard InChI is InChI=1S/C21H24ClN3O4/c1-4-29-17-11-14(10-16(22)19(17)26)12-23-25-21(28)18(13(2)3)24-20(27)15-8-6-5-7-9-15/h5-13,18,26H,4H2,1-3H3,(H,24,27)(H,25,28)/b23-12+. The molecule has 0 aliphatic carbocycles. The molecule has 7 nitrogen and oxygen atoms in total. The average Bonchev–Trinajstić information content (AvgIpc) is 2.70. The molecule has 0 radical (unpaired) electrons. The molecule has 154 valence electrons. The summed E-state index contributed by atoms with van der Waals surface area (Å²) in [7, 11) is 0. The summed E-state index contributed by atoms with van der Waals surface area (Å²) in [6, 6.07) is 10.9. The van der Waals surface area contributed by atoms with Gasteiger partial charge >= 0.3 is 0 Å². The van der Waals surface area contributed by atoms with E-state index >= 15 is 0 Å². The van der Waals surface area contributed by atoms with E-state index in [1.807, 2.05) is 19.9 Å². The second-order valence-electron chi connectivity index (χ2n) is 6.58. The third-order valence-corrected chi connectivity index (χ3v) is 4.30. The van der Waals surface area contributed by atoms with E-state index in [1.54, 1.807) is 37.3 Å². The number of nitrogens with zero attached hydrogens (tertiary/aromatic N) is 1. The molecule has 0 bridgehead atoms. The maximum Gasteiger partial charge on any atom is 0.262 e. The number of hydrogen-bond donors (Lipinski definition) is 3. The molecule has 0 fully saturated rings. The average molecular weight is 418 g/mol. The van der Waals surface area contributed by atoms with Gasteiger partial charge in [0.1, 0.15) is 6.04 Å². The van der Waals surface area contributed by atoms with Gasteiger partial charge < -0.3 is 15.2 Å². The predicted octanol–water partition coefficient (Wildman–Crippen LogP) is 3.35. The first-order valence-electron chi connectivity index (χ1n) is 9.17. The van der Waals surface area contributed by atoms with Crippen molar-refractivity contribution in [3.05, 3.63) is 58.6 Å². The number of halogens is 1. The molecule has 0 saturated heterocycles. The van der Waals surface area contributed by atoms with Gasteiger partial charge in [0.2, 0.25) is 0 Å². The number of amides is 2. The number of rotatable bonds is 8. The fourth-order valence-electron chi connectivity index (χ4n) is 2.52. The number of hydrogen-bond acceptors (Lipinski definition) is 5. The molecule has 1 atom stereocenters. The summed E-state index contributed by atoms with van der Waals surface area (Å²) in [6.45, 7) is 5.79. The molecule has 0 aromatic heterocycles. The number of aromatic hydroxyl groups is 1. The van der Waals surface area contributed by atoms with Gasteiger partial charge in [-0.1, -0.05) is 43.6 Å². The molecule has 0 aliphatic heterocycles. The maximum absolute atomic E-state index is 12.5. The molecule has 0 saturated carbocycles.